The lowest BCUT2D eigenvalue weighted by Crippen LogP contribution is -2.49. The molecule has 0 bridgehead atoms. The highest BCUT2D eigenvalue weighted by Crippen LogP contribution is 2.24. The molecule has 1 atom stereocenters. The number of amides is 1. The standard InChI is InChI=1S/C18H20ClN3O2/c1-13(14-4-6-15(19)7-5-14)21-9-11-22(12-10-21)18(24)17-16(23)3-2-8-20-17/h2-8,13,23H,9-12H2,1H3. The van der Waals surface area contributed by atoms with Crippen LogP contribution in [0.3, 0.4) is 0 Å². The zero-order valence-corrected chi connectivity index (χ0v) is 14.3. The fourth-order valence-electron chi connectivity index (χ4n) is 2.98. The number of nitrogens with zero attached hydrogens (tertiary/aromatic N) is 3. The van der Waals surface area contributed by atoms with Crippen molar-refractivity contribution in [3.8, 4) is 5.75 Å². The average molecular weight is 346 g/mol. The van der Waals surface area contributed by atoms with Gasteiger partial charge in [-0.15, -0.1) is 0 Å². The summed E-state index contributed by atoms with van der Waals surface area (Å²) in [6.07, 6.45) is 1.52. The fraction of sp³-hybridized carbons (Fsp3) is 0.333. The molecule has 0 radical (unpaired) electrons. The van der Waals surface area contributed by atoms with Crippen LogP contribution in [0.15, 0.2) is 42.6 Å². The van der Waals surface area contributed by atoms with Crippen LogP contribution in [0.1, 0.15) is 29.0 Å². The molecular formula is C18H20ClN3O2. The van der Waals surface area contributed by atoms with Crippen molar-refractivity contribution in [3.05, 3.63) is 58.9 Å². The van der Waals surface area contributed by atoms with Crippen LogP contribution in [-0.2, 0) is 0 Å². The third kappa shape index (κ3) is 3.52. The van der Waals surface area contributed by atoms with Gasteiger partial charge in [-0.05, 0) is 36.8 Å². The SMILES string of the molecule is CC(c1ccc(Cl)cc1)N1CCN(C(=O)c2ncccc2O)CC1. The number of piperazine rings is 1. The van der Waals surface area contributed by atoms with E-state index in [2.05, 4.69) is 16.8 Å². The topological polar surface area (TPSA) is 56.7 Å². The quantitative estimate of drug-likeness (QED) is 0.929. The Bertz CT molecular complexity index is 712. The number of rotatable bonds is 3. The summed E-state index contributed by atoms with van der Waals surface area (Å²) >= 11 is 5.94. The molecule has 0 saturated carbocycles. The van der Waals surface area contributed by atoms with Crippen LogP contribution >= 0.6 is 11.6 Å². The molecule has 24 heavy (non-hydrogen) atoms. The van der Waals surface area contributed by atoms with E-state index in [9.17, 15) is 9.90 Å². The molecule has 1 amide bonds. The van der Waals surface area contributed by atoms with Gasteiger partial charge < -0.3 is 10.0 Å². The van der Waals surface area contributed by atoms with E-state index in [-0.39, 0.29) is 23.4 Å². The predicted octanol–water partition coefficient (Wildman–Crippen LogP) is 2.96. The number of pyridine rings is 1. The minimum atomic E-state index is -0.216. The summed E-state index contributed by atoms with van der Waals surface area (Å²) in [5, 5.41) is 10.5. The third-order valence-corrected chi connectivity index (χ3v) is 4.74. The van der Waals surface area contributed by atoms with Crippen molar-refractivity contribution in [2.24, 2.45) is 0 Å². The maximum atomic E-state index is 12.5. The van der Waals surface area contributed by atoms with Gasteiger partial charge in [0, 0.05) is 43.4 Å². The zero-order valence-electron chi connectivity index (χ0n) is 13.5. The highest BCUT2D eigenvalue weighted by atomic mass is 35.5. The Kier molecular flexibility index (Phi) is 5.02. The molecule has 1 aromatic heterocycles. The summed E-state index contributed by atoms with van der Waals surface area (Å²) in [5.41, 5.74) is 1.33. The lowest BCUT2D eigenvalue weighted by atomic mass is 10.1. The molecule has 0 aliphatic carbocycles. The second-order valence-corrected chi connectivity index (χ2v) is 6.36. The van der Waals surface area contributed by atoms with Crippen molar-refractivity contribution in [2.45, 2.75) is 13.0 Å². The minimum Gasteiger partial charge on any atom is -0.505 e. The van der Waals surface area contributed by atoms with Crippen LogP contribution in [0, 0.1) is 0 Å². The molecule has 1 aliphatic heterocycles. The van der Waals surface area contributed by atoms with E-state index in [4.69, 9.17) is 11.6 Å². The summed E-state index contributed by atoms with van der Waals surface area (Å²) in [5.74, 6) is -0.286. The van der Waals surface area contributed by atoms with Crippen molar-refractivity contribution in [1.82, 2.24) is 14.8 Å². The zero-order chi connectivity index (χ0) is 17.1. The van der Waals surface area contributed by atoms with Gasteiger partial charge in [0.1, 0.15) is 5.75 Å². The summed E-state index contributed by atoms with van der Waals surface area (Å²) in [4.78, 5) is 20.6. The van der Waals surface area contributed by atoms with Gasteiger partial charge in [-0.1, -0.05) is 23.7 Å². The number of carbonyl (C=O) groups excluding carboxylic acids is 1. The average Bonchev–Trinajstić information content (AvgIpc) is 2.62. The molecule has 6 heteroatoms. The number of halogens is 1. The maximum absolute atomic E-state index is 12.5. The van der Waals surface area contributed by atoms with Crippen molar-refractivity contribution in [3.63, 3.8) is 0 Å². The number of carbonyl (C=O) groups is 1. The number of aromatic hydroxyl groups is 1. The first-order valence-corrected chi connectivity index (χ1v) is 8.37. The van der Waals surface area contributed by atoms with Crippen LogP contribution in [-0.4, -0.2) is 52.0 Å². The van der Waals surface area contributed by atoms with Gasteiger partial charge in [0.05, 0.1) is 0 Å². The predicted molar refractivity (Wildman–Crippen MR) is 93.2 cm³/mol. The summed E-state index contributed by atoms with van der Waals surface area (Å²) in [6.45, 7) is 4.96. The monoisotopic (exact) mass is 345 g/mol. The van der Waals surface area contributed by atoms with E-state index >= 15 is 0 Å². The Morgan fingerprint density at radius 3 is 2.46 bits per heavy atom. The molecule has 1 aromatic carbocycles. The second-order valence-electron chi connectivity index (χ2n) is 5.93. The van der Waals surface area contributed by atoms with E-state index in [1.807, 2.05) is 24.3 Å². The van der Waals surface area contributed by atoms with Gasteiger partial charge in [0.2, 0.25) is 0 Å². The van der Waals surface area contributed by atoms with Crippen LogP contribution in [0.25, 0.3) is 0 Å². The van der Waals surface area contributed by atoms with Gasteiger partial charge in [0.25, 0.3) is 5.91 Å². The summed E-state index contributed by atoms with van der Waals surface area (Å²) < 4.78 is 0. The fourth-order valence-corrected chi connectivity index (χ4v) is 3.10. The lowest BCUT2D eigenvalue weighted by Gasteiger charge is -2.38. The van der Waals surface area contributed by atoms with Gasteiger partial charge in [-0.3, -0.25) is 9.69 Å². The van der Waals surface area contributed by atoms with E-state index in [1.165, 1.54) is 17.8 Å². The van der Waals surface area contributed by atoms with E-state index in [1.54, 1.807) is 11.0 Å². The van der Waals surface area contributed by atoms with Crippen molar-refractivity contribution in [2.75, 3.05) is 26.2 Å². The molecule has 1 aliphatic rings. The van der Waals surface area contributed by atoms with Crippen LogP contribution in [0.2, 0.25) is 5.02 Å². The van der Waals surface area contributed by atoms with Gasteiger partial charge in [-0.25, -0.2) is 4.98 Å². The smallest absolute Gasteiger partial charge is 0.276 e. The summed E-state index contributed by atoms with van der Waals surface area (Å²) in [7, 11) is 0. The number of hydrogen-bond acceptors (Lipinski definition) is 4. The van der Waals surface area contributed by atoms with Crippen LogP contribution < -0.4 is 0 Å². The Balaban J connectivity index is 1.62. The van der Waals surface area contributed by atoms with E-state index in [0.29, 0.717) is 13.1 Å². The van der Waals surface area contributed by atoms with E-state index < -0.39 is 0 Å². The maximum Gasteiger partial charge on any atom is 0.276 e. The Labute approximate surface area is 146 Å². The first-order chi connectivity index (χ1) is 11.6. The number of aromatic nitrogens is 1. The molecule has 2 heterocycles. The minimum absolute atomic E-state index is 0.0699. The van der Waals surface area contributed by atoms with Crippen molar-refractivity contribution >= 4 is 17.5 Å². The first kappa shape index (κ1) is 16.7. The number of benzene rings is 1. The third-order valence-electron chi connectivity index (χ3n) is 4.49. The second kappa shape index (κ2) is 7.20. The van der Waals surface area contributed by atoms with Gasteiger partial charge in [0.15, 0.2) is 5.69 Å². The van der Waals surface area contributed by atoms with Crippen LogP contribution in [0.4, 0.5) is 0 Å². The Morgan fingerprint density at radius 1 is 1.17 bits per heavy atom. The highest BCUT2D eigenvalue weighted by molar-refractivity contribution is 6.30. The van der Waals surface area contributed by atoms with Crippen molar-refractivity contribution < 1.29 is 9.90 Å². The highest BCUT2D eigenvalue weighted by Gasteiger charge is 2.27. The van der Waals surface area contributed by atoms with Crippen molar-refractivity contribution in [1.29, 1.82) is 0 Å². The van der Waals surface area contributed by atoms with E-state index in [0.717, 1.165) is 18.1 Å². The van der Waals surface area contributed by atoms with Gasteiger partial charge >= 0.3 is 0 Å². The Hall–Kier alpha value is -2.11. The molecule has 5 nitrogen and oxygen atoms in total. The number of hydrogen-bond donors (Lipinski definition) is 1. The lowest BCUT2D eigenvalue weighted by molar-refractivity contribution is 0.0573. The normalized spacial score (nSPS) is 16.8. The summed E-state index contributed by atoms with van der Waals surface area (Å²) in [6, 6.07) is 11.2. The van der Waals surface area contributed by atoms with Crippen LogP contribution in [0.5, 0.6) is 5.75 Å². The first-order valence-electron chi connectivity index (χ1n) is 7.99. The molecule has 2 aromatic rings. The molecular weight excluding hydrogens is 326 g/mol. The molecule has 126 valence electrons. The largest absolute Gasteiger partial charge is 0.505 e. The molecule has 0 spiro atoms. The molecule has 1 N–H and O–H groups in total. The molecule has 1 unspecified atom stereocenters. The van der Waals surface area contributed by atoms with Gasteiger partial charge in [-0.2, -0.15) is 0 Å². The molecule has 3 rings (SSSR count). The molecule has 1 fully saturated rings. The molecule has 1 saturated heterocycles. The Morgan fingerprint density at radius 2 is 1.83 bits per heavy atom.